The van der Waals surface area contributed by atoms with Crippen LogP contribution in [0.15, 0.2) is 46.8 Å². The van der Waals surface area contributed by atoms with Gasteiger partial charge in [-0.15, -0.1) is 25.8 Å². The lowest BCUT2D eigenvalue weighted by Crippen LogP contribution is -1.62. The normalized spacial score (nSPS) is 7.80. The molecule has 10 heavy (non-hydrogen) atoms. The van der Waals surface area contributed by atoms with Gasteiger partial charge in [0.1, 0.15) is 0 Å². The molecular formula is C8H9BrS. The van der Waals surface area contributed by atoms with E-state index in [0.29, 0.717) is 0 Å². The average molecular weight is 217 g/mol. The fraction of sp³-hybridized carbons (Fsp3) is 0. The van der Waals surface area contributed by atoms with Gasteiger partial charge >= 0.3 is 0 Å². The number of hydrogen-bond donors (Lipinski definition) is 1. The van der Waals surface area contributed by atoms with E-state index in [2.05, 4.69) is 41.7 Å². The Hall–Kier alpha value is -0.210. The molecular weight excluding hydrogens is 208 g/mol. The molecule has 0 nitrogen and oxygen atoms in total. The third-order valence-electron chi connectivity index (χ3n) is 0.808. The quantitative estimate of drug-likeness (QED) is 0.498. The molecule has 0 saturated carbocycles. The first-order valence-corrected chi connectivity index (χ1v) is 3.97. The van der Waals surface area contributed by atoms with Gasteiger partial charge in [-0.1, -0.05) is 22.0 Å². The Morgan fingerprint density at radius 3 is 2.20 bits per heavy atom. The van der Waals surface area contributed by atoms with Gasteiger partial charge in [-0.2, -0.15) is 0 Å². The second-order valence-electron chi connectivity index (χ2n) is 1.48. The van der Waals surface area contributed by atoms with Crippen molar-refractivity contribution in [3.63, 3.8) is 0 Å². The first-order valence-electron chi connectivity index (χ1n) is 2.73. The molecule has 0 aliphatic heterocycles. The van der Waals surface area contributed by atoms with E-state index >= 15 is 0 Å². The number of hydrogen-bond acceptors (Lipinski definition) is 1. The Kier molecular flexibility index (Phi) is 5.45. The minimum absolute atomic E-state index is 0.986. The summed E-state index contributed by atoms with van der Waals surface area (Å²) in [5.74, 6) is 0. The van der Waals surface area contributed by atoms with E-state index in [9.17, 15) is 0 Å². The molecule has 0 saturated heterocycles. The van der Waals surface area contributed by atoms with Crippen LogP contribution in [0, 0.1) is 0 Å². The molecule has 0 fully saturated rings. The Morgan fingerprint density at radius 1 is 1.30 bits per heavy atom. The summed E-state index contributed by atoms with van der Waals surface area (Å²) in [7, 11) is 0. The monoisotopic (exact) mass is 216 g/mol. The van der Waals surface area contributed by atoms with Crippen LogP contribution in [0.25, 0.3) is 0 Å². The van der Waals surface area contributed by atoms with Crippen LogP contribution in [0.4, 0.5) is 0 Å². The highest BCUT2D eigenvalue weighted by molar-refractivity contribution is 9.10. The lowest BCUT2D eigenvalue weighted by molar-refractivity contribution is 1.45. The zero-order chi connectivity index (χ0) is 7.98. The van der Waals surface area contributed by atoms with Crippen molar-refractivity contribution in [2.24, 2.45) is 0 Å². The maximum atomic E-state index is 4.12. The van der Waals surface area contributed by atoms with Crippen LogP contribution in [0.2, 0.25) is 0 Å². The minimum atomic E-state index is 0.986. The second-order valence-corrected chi connectivity index (χ2v) is 2.91. The van der Waals surface area contributed by atoms with Gasteiger partial charge < -0.3 is 0 Å². The summed E-state index contributed by atoms with van der Waals surface area (Å²) in [4.78, 5) is 0.986. The van der Waals surface area contributed by atoms with Crippen LogP contribution >= 0.6 is 28.6 Å². The standard InChI is InChI=1S/C6H5BrS.C2H4/c7-5-2-1-3-6(8)4-5;1-2/h1-4,8H;1-2H2. The molecule has 0 spiro atoms. The van der Waals surface area contributed by atoms with E-state index in [0.717, 1.165) is 9.37 Å². The Bertz CT molecular complexity index is 181. The predicted molar refractivity (Wildman–Crippen MR) is 52.6 cm³/mol. The van der Waals surface area contributed by atoms with Gasteiger partial charge in [0, 0.05) is 9.37 Å². The summed E-state index contributed by atoms with van der Waals surface area (Å²) < 4.78 is 1.07. The van der Waals surface area contributed by atoms with E-state index in [1.807, 2.05) is 24.3 Å². The van der Waals surface area contributed by atoms with Crippen LogP contribution in [-0.2, 0) is 0 Å². The van der Waals surface area contributed by atoms with Crippen molar-refractivity contribution < 1.29 is 0 Å². The third kappa shape index (κ3) is 3.75. The molecule has 0 bridgehead atoms. The largest absolute Gasteiger partial charge is 0.143 e. The SMILES string of the molecule is C=C.Sc1cccc(Br)c1. The van der Waals surface area contributed by atoms with E-state index in [4.69, 9.17) is 0 Å². The van der Waals surface area contributed by atoms with Gasteiger partial charge in [-0.05, 0) is 18.2 Å². The van der Waals surface area contributed by atoms with E-state index in [1.165, 1.54) is 0 Å². The van der Waals surface area contributed by atoms with Crippen molar-refractivity contribution in [3.05, 3.63) is 41.9 Å². The summed E-state index contributed by atoms with van der Waals surface area (Å²) in [5, 5.41) is 0. The second kappa shape index (κ2) is 5.57. The molecule has 0 atom stereocenters. The number of benzene rings is 1. The van der Waals surface area contributed by atoms with Crippen LogP contribution in [0.3, 0.4) is 0 Å². The van der Waals surface area contributed by atoms with Gasteiger partial charge in [0.2, 0.25) is 0 Å². The predicted octanol–water partition coefficient (Wildman–Crippen LogP) is 3.54. The molecule has 0 N–H and O–H groups in total. The fourth-order valence-corrected chi connectivity index (χ4v) is 1.28. The van der Waals surface area contributed by atoms with Crippen molar-refractivity contribution >= 4 is 28.6 Å². The molecule has 0 unspecified atom stereocenters. The van der Waals surface area contributed by atoms with E-state index < -0.39 is 0 Å². The third-order valence-corrected chi connectivity index (χ3v) is 1.58. The summed E-state index contributed by atoms with van der Waals surface area (Å²) in [6.07, 6.45) is 0. The van der Waals surface area contributed by atoms with Crippen molar-refractivity contribution in [2.75, 3.05) is 0 Å². The number of rotatable bonds is 0. The molecule has 0 heterocycles. The van der Waals surface area contributed by atoms with Gasteiger partial charge in [0.05, 0.1) is 0 Å². The number of thiol groups is 1. The van der Waals surface area contributed by atoms with E-state index in [1.54, 1.807) is 0 Å². The van der Waals surface area contributed by atoms with Gasteiger partial charge in [-0.3, -0.25) is 0 Å². The van der Waals surface area contributed by atoms with Crippen molar-refractivity contribution in [1.82, 2.24) is 0 Å². The highest BCUT2D eigenvalue weighted by atomic mass is 79.9. The topological polar surface area (TPSA) is 0 Å². The van der Waals surface area contributed by atoms with Crippen LogP contribution < -0.4 is 0 Å². The van der Waals surface area contributed by atoms with Crippen molar-refractivity contribution in [2.45, 2.75) is 4.90 Å². The molecule has 2 heteroatoms. The molecule has 1 rings (SSSR count). The Morgan fingerprint density at radius 2 is 1.90 bits per heavy atom. The highest BCUT2D eigenvalue weighted by Gasteiger charge is 1.83. The van der Waals surface area contributed by atoms with Gasteiger partial charge in [-0.25, -0.2) is 0 Å². The first-order chi connectivity index (χ1) is 4.79. The Labute approximate surface area is 75.5 Å². The molecule has 0 aliphatic rings. The minimum Gasteiger partial charge on any atom is -0.143 e. The summed E-state index contributed by atoms with van der Waals surface area (Å²) in [5.41, 5.74) is 0. The lowest BCUT2D eigenvalue weighted by Gasteiger charge is -1.88. The summed E-state index contributed by atoms with van der Waals surface area (Å²) in [6, 6.07) is 7.81. The fourth-order valence-electron chi connectivity index (χ4n) is 0.476. The zero-order valence-corrected chi connectivity index (χ0v) is 8.03. The summed E-state index contributed by atoms with van der Waals surface area (Å²) in [6.45, 7) is 6.00. The molecule has 54 valence electrons. The van der Waals surface area contributed by atoms with Gasteiger partial charge in [0.25, 0.3) is 0 Å². The first kappa shape index (κ1) is 9.79. The van der Waals surface area contributed by atoms with Crippen LogP contribution in [-0.4, -0.2) is 0 Å². The molecule has 0 aromatic heterocycles. The molecule has 0 aliphatic carbocycles. The smallest absolute Gasteiger partial charge is 0.0186 e. The molecule has 1 aromatic rings. The highest BCUT2D eigenvalue weighted by Crippen LogP contribution is 2.13. The lowest BCUT2D eigenvalue weighted by atomic mass is 10.4. The summed E-state index contributed by atoms with van der Waals surface area (Å²) >= 11 is 7.44. The van der Waals surface area contributed by atoms with Gasteiger partial charge in [0.15, 0.2) is 0 Å². The van der Waals surface area contributed by atoms with E-state index in [-0.39, 0.29) is 0 Å². The number of halogens is 1. The maximum absolute atomic E-state index is 4.12. The van der Waals surface area contributed by atoms with Crippen LogP contribution in [0.5, 0.6) is 0 Å². The Balaban J connectivity index is 0.000000371. The zero-order valence-electron chi connectivity index (χ0n) is 5.55. The maximum Gasteiger partial charge on any atom is 0.0186 e. The van der Waals surface area contributed by atoms with Crippen molar-refractivity contribution in [3.8, 4) is 0 Å². The molecule has 0 amide bonds. The van der Waals surface area contributed by atoms with Crippen molar-refractivity contribution in [1.29, 1.82) is 0 Å². The molecule has 1 aromatic carbocycles. The molecule has 0 radical (unpaired) electrons. The van der Waals surface area contributed by atoms with Crippen LogP contribution in [0.1, 0.15) is 0 Å². The average Bonchev–Trinajstić information content (AvgIpc) is 1.91.